The number of rotatable bonds is 4. The lowest BCUT2D eigenvalue weighted by molar-refractivity contribution is 0.0690. The smallest absolute Gasteiger partial charge is 0.410 e. The second-order valence-electron chi connectivity index (χ2n) is 5.72. The van der Waals surface area contributed by atoms with Crippen molar-refractivity contribution in [3.8, 4) is 0 Å². The molecule has 0 unspecified atom stereocenters. The summed E-state index contributed by atoms with van der Waals surface area (Å²) < 4.78 is 5.34. The molecule has 2 aromatic rings. The summed E-state index contributed by atoms with van der Waals surface area (Å²) in [5.41, 5.74) is 1.76. The first-order chi connectivity index (χ1) is 12.1. The van der Waals surface area contributed by atoms with Crippen LogP contribution in [0.4, 0.5) is 10.5 Å². The molecular weight excluding hydrogens is 322 g/mol. The first-order valence-corrected chi connectivity index (χ1v) is 8.03. The average molecular weight is 341 g/mol. The third-order valence-electron chi connectivity index (χ3n) is 4.07. The fraction of sp³-hybridized carbons (Fsp3) is 0.278. The van der Waals surface area contributed by atoms with Crippen LogP contribution in [0.25, 0.3) is 0 Å². The van der Waals surface area contributed by atoms with E-state index in [1.807, 2.05) is 35.2 Å². The van der Waals surface area contributed by atoms with Crippen LogP contribution in [-0.4, -0.2) is 53.2 Å². The molecule has 130 valence electrons. The standard InChI is InChI=1S/C18H19N3O4/c22-17(23)16-12-15(6-7-19-16)20-8-10-21(11-9-20)18(24)25-13-14-4-2-1-3-5-14/h1-7,12H,8-11,13H2,(H,22,23). The van der Waals surface area contributed by atoms with Gasteiger partial charge in [-0.05, 0) is 17.7 Å². The third-order valence-corrected chi connectivity index (χ3v) is 4.07. The van der Waals surface area contributed by atoms with Gasteiger partial charge >= 0.3 is 12.1 Å². The molecule has 3 rings (SSSR count). The van der Waals surface area contributed by atoms with Gasteiger partial charge in [-0.3, -0.25) is 0 Å². The molecule has 2 heterocycles. The SMILES string of the molecule is O=C(O)c1cc(N2CCN(C(=O)OCc3ccccc3)CC2)ccn1. The fourth-order valence-corrected chi connectivity index (χ4v) is 2.69. The summed E-state index contributed by atoms with van der Waals surface area (Å²) >= 11 is 0. The molecule has 0 radical (unpaired) electrons. The van der Waals surface area contributed by atoms with E-state index < -0.39 is 5.97 Å². The van der Waals surface area contributed by atoms with Crippen molar-refractivity contribution in [2.24, 2.45) is 0 Å². The minimum Gasteiger partial charge on any atom is -0.477 e. The topological polar surface area (TPSA) is 83.0 Å². The van der Waals surface area contributed by atoms with Gasteiger partial charge in [-0.1, -0.05) is 30.3 Å². The van der Waals surface area contributed by atoms with Gasteiger partial charge in [0.1, 0.15) is 12.3 Å². The van der Waals surface area contributed by atoms with Gasteiger partial charge in [0.05, 0.1) is 0 Å². The monoisotopic (exact) mass is 341 g/mol. The average Bonchev–Trinajstić information content (AvgIpc) is 2.67. The van der Waals surface area contributed by atoms with Crippen molar-refractivity contribution < 1.29 is 19.4 Å². The summed E-state index contributed by atoms with van der Waals surface area (Å²) in [7, 11) is 0. The highest BCUT2D eigenvalue weighted by atomic mass is 16.6. The molecule has 7 heteroatoms. The van der Waals surface area contributed by atoms with Crippen LogP contribution in [0.15, 0.2) is 48.7 Å². The second kappa shape index (κ2) is 7.65. The highest BCUT2D eigenvalue weighted by Crippen LogP contribution is 2.17. The molecule has 0 saturated carbocycles. The fourth-order valence-electron chi connectivity index (χ4n) is 2.69. The maximum atomic E-state index is 12.2. The molecule has 1 amide bonds. The number of pyridine rings is 1. The first-order valence-electron chi connectivity index (χ1n) is 8.03. The van der Waals surface area contributed by atoms with Crippen LogP contribution in [0.5, 0.6) is 0 Å². The van der Waals surface area contributed by atoms with Crippen molar-refractivity contribution in [2.45, 2.75) is 6.61 Å². The van der Waals surface area contributed by atoms with E-state index in [9.17, 15) is 9.59 Å². The van der Waals surface area contributed by atoms with Crippen molar-refractivity contribution in [3.63, 3.8) is 0 Å². The summed E-state index contributed by atoms with van der Waals surface area (Å²) in [4.78, 5) is 30.7. The summed E-state index contributed by atoms with van der Waals surface area (Å²) in [5.74, 6) is -1.05. The van der Waals surface area contributed by atoms with Gasteiger partial charge in [-0.15, -0.1) is 0 Å². The van der Waals surface area contributed by atoms with Crippen LogP contribution in [0.3, 0.4) is 0 Å². The first kappa shape index (κ1) is 16.8. The van der Waals surface area contributed by atoms with E-state index >= 15 is 0 Å². The highest BCUT2D eigenvalue weighted by molar-refractivity contribution is 5.86. The van der Waals surface area contributed by atoms with E-state index in [-0.39, 0.29) is 18.4 Å². The highest BCUT2D eigenvalue weighted by Gasteiger charge is 2.23. The van der Waals surface area contributed by atoms with Gasteiger partial charge in [-0.2, -0.15) is 0 Å². The van der Waals surface area contributed by atoms with Crippen molar-refractivity contribution in [3.05, 3.63) is 59.9 Å². The summed E-state index contributed by atoms with van der Waals surface area (Å²) in [5, 5.41) is 9.03. The number of carboxylic acid groups (broad SMARTS) is 1. The zero-order valence-electron chi connectivity index (χ0n) is 13.7. The molecule has 0 aliphatic carbocycles. The number of carbonyl (C=O) groups excluding carboxylic acids is 1. The Labute approximate surface area is 145 Å². The Hall–Kier alpha value is -3.09. The molecule has 1 saturated heterocycles. The Morgan fingerprint density at radius 3 is 2.48 bits per heavy atom. The van der Waals surface area contributed by atoms with Gasteiger partial charge in [0.25, 0.3) is 0 Å². The number of anilines is 1. The van der Waals surface area contributed by atoms with E-state index in [1.54, 1.807) is 17.0 Å². The summed E-state index contributed by atoms with van der Waals surface area (Å²) in [6.45, 7) is 2.54. The predicted octanol–water partition coefficient (Wildman–Crippen LogP) is 2.24. The van der Waals surface area contributed by atoms with Crippen LogP contribution < -0.4 is 4.90 Å². The minimum atomic E-state index is -1.05. The quantitative estimate of drug-likeness (QED) is 0.918. The number of amides is 1. The molecule has 1 aliphatic rings. The van der Waals surface area contributed by atoms with Gasteiger partial charge in [-0.25, -0.2) is 14.6 Å². The molecule has 1 N–H and O–H groups in total. The number of nitrogens with zero attached hydrogens (tertiary/aromatic N) is 3. The number of ether oxygens (including phenoxy) is 1. The summed E-state index contributed by atoms with van der Waals surface area (Å²) in [6.07, 6.45) is 1.16. The lowest BCUT2D eigenvalue weighted by Crippen LogP contribution is -2.49. The molecule has 0 atom stereocenters. The van der Waals surface area contributed by atoms with Crippen LogP contribution in [0.1, 0.15) is 16.1 Å². The number of piperazine rings is 1. The zero-order valence-corrected chi connectivity index (χ0v) is 13.7. The Balaban J connectivity index is 1.52. The maximum Gasteiger partial charge on any atom is 0.410 e. The largest absolute Gasteiger partial charge is 0.477 e. The number of benzene rings is 1. The Morgan fingerprint density at radius 1 is 1.08 bits per heavy atom. The molecular formula is C18H19N3O4. The Bertz CT molecular complexity index is 743. The maximum absolute atomic E-state index is 12.2. The lowest BCUT2D eigenvalue weighted by Gasteiger charge is -2.35. The molecule has 1 aromatic carbocycles. The van der Waals surface area contributed by atoms with Crippen LogP contribution >= 0.6 is 0 Å². The number of hydrogen-bond acceptors (Lipinski definition) is 5. The van der Waals surface area contributed by atoms with Crippen LogP contribution in [0, 0.1) is 0 Å². The number of aromatic carboxylic acids is 1. The number of carbonyl (C=O) groups is 2. The van der Waals surface area contributed by atoms with Crippen molar-refractivity contribution in [2.75, 3.05) is 31.1 Å². The summed E-state index contributed by atoms with van der Waals surface area (Å²) in [6, 6.07) is 12.9. The number of carboxylic acids is 1. The zero-order chi connectivity index (χ0) is 17.6. The number of hydrogen-bond donors (Lipinski definition) is 1. The van der Waals surface area contributed by atoms with Gasteiger partial charge in [0, 0.05) is 38.1 Å². The van der Waals surface area contributed by atoms with Crippen LogP contribution in [-0.2, 0) is 11.3 Å². The second-order valence-corrected chi connectivity index (χ2v) is 5.72. The van der Waals surface area contributed by atoms with E-state index in [0.717, 1.165) is 11.3 Å². The Kier molecular flexibility index (Phi) is 5.13. The van der Waals surface area contributed by atoms with Gasteiger partial charge in [0.2, 0.25) is 0 Å². The number of aromatic nitrogens is 1. The van der Waals surface area contributed by atoms with Crippen molar-refractivity contribution in [1.29, 1.82) is 0 Å². The van der Waals surface area contributed by atoms with Gasteiger partial charge in [0.15, 0.2) is 0 Å². The predicted molar refractivity (Wildman–Crippen MR) is 91.6 cm³/mol. The molecule has 0 bridgehead atoms. The van der Waals surface area contributed by atoms with E-state index in [4.69, 9.17) is 9.84 Å². The van der Waals surface area contributed by atoms with Crippen molar-refractivity contribution >= 4 is 17.7 Å². The van der Waals surface area contributed by atoms with Crippen LogP contribution in [0.2, 0.25) is 0 Å². The third kappa shape index (κ3) is 4.26. The normalized spacial score (nSPS) is 14.2. The lowest BCUT2D eigenvalue weighted by atomic mass is 10.2. The Morgan fingerprint density at radius 2 is 1.80 bits per heavy atom. The molecule has 7 nitrogen and oxygen atoms in total. The molecule has 1 fully saturated rings. The van der Waals surface area contributed by atoms with E-state index in [0.29, 0.717) is 26.2 Å². The van der Waals surface area contributed by atoms with Gasteiger partial charge < -0.3 is 19.6 Å². The van der Waals surface area contributed by atoms with Crippen molar-refractivity contribution in [1.82, 2.24) is 9.88 Å². The molecule has 1 aliphatic heterocycles. The molecule has 1 aromatic heterocycles. The minimum absolute atomic E-state index is 0.0159. The molecule has 25 heavy (non-hydrogen) atoms. The van der Waals surface area contributed by atoms with E-state index in [1.165, 1.54) is 6.20 Å². The molecule has 0 spiro atoms. The van der Waals surface area contributed by atoms with E-state index in [2.05, 4.69) is 4.98 Å².